The first-order valence-corrected chi connectivity index (χ1v) is 7.01. The standard InChI is InChI=1S/C12H13ClN2S/c13-10-9-6-7-16-12(9)15-11(14-10)8-4-2-1-3-5-8/h6-8H,1-5H2. The molecule has 16 heavy (non-hydrogen) atoms. The van der Waals surface area contributed by atoms with E-state index in [1.807, 2.05) is 11.4 Å². The maximum absolute atomic E-state index is 6.18. The molecule has 2 heterocycles. The predicted molar refractivity (Wildman–Crippen MR) is 68.3 cm³/mol. The van der Waals surface area contributed by atoms with Crippen LogP contribution in [0.2, 0.25) is 5.15 Å². The molecule has 84 valence electrons. The first-order valence-electron chi connectivity index (χ1n) is 5.75. The third-order valence-electron chi connectivity index (χ3n) is 3.27. The third kappa shape index (κ3) is 1.82. The summed E-state index contributed by atoms with van der Waals surface area (Å²) in [4.78, 5) is 10.1. The van der Waals surface area contributed by atoms with Gasteiger partial charge in [0.15, 0.2) is 0 Å². The summed E-state index contributed by atoms with van der Waals surface area (Å²) in [6.07, 6.45) is 6.38. The minimum Gasteiger partial charge on any atom is -0.222 e. The lowest BCUT2D eigenvalue weighted by Gasteiger charge is -2.20. The molecule has 0 bridgehead atoms. The van der Waals surface area contributed by atoms with Crippen LogP contribution in [0.25, 0.3) is 10.2 Å². The van der Waals surface area contributed by atoms with Crippen molar-refractivity contribution in [1.82, 2.24) is 9.97 Å². The van der Waals surface area contributed by atoms with E-state index in [0.29, 0.717) is 11.1 Å². The van der Waals surface area contributed by atoms with Crippen molar-refractivity contribution < 1.29 is 0 Å². The van der Waals surface area contributed by atoms with Gasteiger partial charge < -0.3 is 0 Å². The molecule has 0 amide bonds. The van der Waals surface area contributed by atoms with Crippen molar-refractivity contribution in [2.45, 2.75) is 38.0 Å². The number of thiophene rings is 1. The van der Waals surface area contributed by atoms with E-state index in [-0.39, 0.29) is 0 Å². The van der Waals surface area contributed by atoms with Crippen molar-refractivity contribution >= 4 is 33.2 Å². The van der Waals surface area contributed by atoms with Crippen LogP contribution >= 0.6 is 22.9 Å². The number of nitrogens with zero attached hydrogens (tertiary/aromatic N) is 2. The van der Waals surface area contributed by atoms with Crippen LogP contribution in [0.1, 0.15) is 43.8 Å². The molecule has 0 aliphatic heterocycles. The van der Waals surface area contributed by atoms with E-state index < -0.39 is 0 Å². The number of hydrogen-bond donors (Lipinski definition) is 0. The highest BCUT2D eigenvalue weighted by Gasteiger charge is 2.19. The molecule has 0 N–H and O–H groups in total. The van der Waals surface area contributed by atoms with Gasteiger partial charge in [0.25, 0.3) is 0 Å². The Bertz CT molecular complexity index is 503. The molecule has 1 aliphatic carbocycles. The van der Waals surface area contributed by atoms with Crippen LogP contribution in [-0.2, 0) is 0 Å². The molecule has 0 atom stereocenters. The normalized spacial score (nSPS) is 18.1. The largest absolute Gasteiger partial charge is 0.222 e. The van der Waals surface area contributed by atoms with Gasteiger partial charge in [-0.3, -0.25) is 0 Å². The summed E-state index contributed by atoms with van der Waals surface area (Å²) in [6.45, 7) is 0. The Labute approximate surface area is 104 Å². The molecule has 0 saturated heterocycles. The molecule has 4 heteroatoms. The quantitative estimate of drug-likeness (QED) is 0.704. The van der Waals surface area contributed by atoms with Crippen LogP contribution in [0, 0.1) is 0 Å². The summed E-state index contributed by atoms with van der Waals surface area (Å²) in [5.41, 5.74) is 0. The van der Waals surface area contributed by atoms with Crippen molar-refractivity contribution in [1.29, 1.82) is 0 Å². The van der Waals surface area contributed by atoms with E-state index in [1.54, 1.807) is 11.3 Å². The average Bonchev–Trinajstić information content (AvgIpc) is 2.79. The molecular formula is C12H13ClN2S. The number of rotatable bonds is 1. The Hall–Kier alpha value is -0.670. The smallest absolute Gasteiger partial charge is 0.141 e. The second-order valence-electron chi connectivity index (χ2n) is 4.35. The summed E-state index contributed by atoms with van der Waals surface area (Å²) in [5.74, 6) is 1.48. The first-order chi connectivity index (χ1) is 7.84. The second-order valence-corrected chi connectivity index (χ2v) is 5.60. The van der Waals surface area contributed by atoms with E-state index >= 15 is 0 Å². The SMILES string of the molecule is Clc1nc(C2CCCCC2)nc2sccc12. The minimum atomic E-state index is 0.526. The maximum atomic E-state index is 6.18. The molecular weight excluding hydrogens is 240 g/mol. The molecule has 1 saturated carbocycles. The Morgan fingerprint density at radius 3 is 2.81 bits per heavy atom. The van der Waals surface area contributed by atoms with Crippen LogP contribution < -0.4 is 0 Å². The van der Waals surface area contributed by atoms with E-state index in [1.165, 1.54) is 32.1 Å². The average molecular weight is 253 g/mol. The van der Waals surface area contributed by atoms with Crippen LogP contribution in [0.3, 0.4) is 0 Å². The molecule has 2 nitrogen and oxygen atoms in total. The topological polar surface area (TPSA) is 25.8 Å². The van der Waals surface area contributed by atoms with Gasteiger partial charge in [0.1, 0.15) is 15.8 Å². The third-order valence-corrected chi connectivity index (χ3v) is 4.36. The summed E-state index contributed by atoms with van der Waals surface area (Å²) in [5, 5.41) is 3.63. The van der Waals surface area contributed by atoms with Crippen LogP contribution in [0.4, 0.5) is 0 Å². The summed E-state index contributed by atoms with van der Waals surface area (Å²) >= 11 is 7.82. The zero-order valence-corrected chi connectivity index (χ0v) is 10.5. The fourth-order valence-corrected chi connectivity index (χ4v) is 3.44. The van der Waals surface area contributed by atoms with Gasteiger partial charge in [-0.05, 0) is 24.3 Å². The Balaban J connectivity index is 2.02. The second kappa shape index (κ2) is 4.30. The lowest BCUT2D eigenvalue weighted by atomic mass is 9.89. The van der Waals surface area contributed by atoms with Gasteiger partial charge in [0.05, 0.1) is 0 Å². The molecule has 0 radical (unpaired) electrons. The van der Waals surface area contributed by atoms with Crippen molar-refractivity contribution in [2.75, 3.05) is 0 Å². The van der Waals surface area contributed by atoms with E-state index in [0.717, 1.165) is 16.0 Å². The monoisotopic (exact) mass is 252 g/mol. The first kappa shape index (κ1) is 10.5. The minimum absolute atomic E-state index is 0.526. The van der Waals surface area contributed by atoms with Crippen LogP contribution in [0.5, 0.6) is 0 Å². The zero-order valence-electron chi connectivity index (χ0n) is 8.95. The highest BCUT2D eigenvalue weighted by atomic mass is 35.5. The number of hydrogen-bond acceptors (Lipinski definition) is 3. The fraction of sp³-hybridized carbons (Fsp3) is 0.500. The van der Waals surface area contributed by atoms with Gasteiger partial charge >= 0.3 is 0 Å². The summed E-state index contributed by atoms with van der Waals surface area (Å²) < 4.78 is 0. The Morgan fingerprint density at radius 2 is 2.00 bits per heavy atom. The van der Waals surface area contributed by atoms with Gasteiger partial charge in [-0.25, -0.2) is 9.97 Å². The molecule has 0 spiro atoms. The van der Waals surface area contributed by atoms with Crippen molar-refractivity contribution in [3.8, 4) is 0 Å². The molecule has 1 fully saturated rings. The summed E-state index contributed by atoms with van der Waals surface area (Å²) in [6, 6.07) is 1.99. The number of fused-ring (bicyclic) bond motifs is 1. The van der Waals surface area contributed by atoms with Gasteiger partial charge in [-0.1, -0.05) is 30.9 Å². The predicted octanol–water partition coefficient (Wildman–Crippen LogP) is 4.39. The molecule has 0 unspecified atom stereocenters. The molecule has 0 aromatic carbocycles. The van der Waals surface area contributed by atoms with Gasteiger partial charge in [0.2, 0.25) is 0 Å². The zero-order chi connectivity index (χ0) is 11.0. The van der Waals surface area contributed by atoms with E-state index in [9.17, 15) is 0 Å². The van der Waals surface area contributed by atoms with Gasteiger partial charge in [0, 0.05) is 11.3 Å². The van der Waals surface area contributed by atoms with Gasteiger partial charge in [-0.15, -0.1) is 11.3 Å². The van der Waals surface area contributed by atoms with Crippen molar-refractivity contribution in [3.63, 3.8) is 0 Å². The fourth-order valence-electron chi connectivity index (χ4n) is 2.38. The maximum Gasteiger partial charge on any atom is 0.141 e. The van der Waals surface area contributed by atoms with Crippen LogP contribution in [-0.4, -0.2) is 9.97 Å². The number of aromatic nitrogens is 2. The lowest BCUT2D eigenvalue weighted by molar-refractivity contribution is 0.429. The summed E-state index contributed by atoms with van der Waals surface area (Å²) in [7, 11) is 0. The molecule has 3 rings (SSSR count). The van der Waals surface area contributed by atoms with Gasteiger partial charge in [-0.2, -0.15) is 0 Å². The number of halogens is 1. The molecule has 1 aliphatic rings. The lowest BCUT2D eigenvalue weighted by Crippen LogP contribution is -2.08. The van der Waals surface area contributed by atoms with Crippen LogP contribution in [0.15, 0.2) is 11.4 Å². The van der Waals surface area contributed by atoms with E-state index in [4.69, 9.17) is 11.6 Å². The van der Waals surface area contributed by atoms with E-state index in [2.05, 4.69) is 9.97 Å². The Morgan fingerprint density at radius 1 is 1.19 bits per heavy atom. The highest BCUT2D eigenvalue weighted by Crippen LogP contribution is 2.33. The molecule has 2 aromatic heterocycles. The van der Waals surface area contributed by atoms with Crippen molar-refractivity contribution in [3.05, 3.63) is 22.4 Å². The Kier molecular flexibility index (Phi) is 2.82. The molecule has 2 aromatic rings. The highest BCUT2D eigenvalue weighted by molar-refractivity contribution is 7.16. The van der Waals surface area contributed by atoms with Crippen molar-refractivity contribution in [2.24, 2.45) is 0 Å².